The number of aliphatic carboxylic acids is 1. The maximum Gasteiger partial charge on any atom is 0.328 e. The van der Waals surface area contributed by atoms with Crippen molar-refractivity contribution in [3.05, 3.63) is 29.8 Å². The molecule has 1 rings (SSSR count). The number of carbonyl (C=O) groups excluding carboxylic acids is 4. The summed E-state index contributed by atoms with van der Waals surface area (Å²) in [6.07, 6.45) is -0.0495. The van der Waals surface area contributed by atoms with E-state index in [1.54, 1.807) is 26.0 Å². The second kappa shape index (κ2) is 13.9. The van der Waals surface area contributed by atoms with Crippen LogP contribution in [0.25, 0.3) is 0 Å². The molecular formula is C22H33N5O8. The van der Waals surface area contributed by atoms with E-state index in [0.717, 1.165) is 0 Å². The molecule has 0 saturated heterocycles. The van der Waals surface area contributed by atoms with Gasteiger partial charge in [-0.15, -0.1) is 0 Å². The smallest absolute Gasteiger partial charge is 0.328 e. The Labute approximate surface area is 202 Å². The molecule has 35 heavy (non-hydrogen) atoms. The number of hydrogen-bond acceptors (Lipinski definition) is 8. The molecule has 1 aromatic rings. The van der Waals surface area contributed by atoms with Gasteiger partial charge in [-0.2, -0.15) is 0 Å². The molecule has 0 aliphatic rings. The molecule has 10 N–H and O–H groups in total. The molecule has 1 aromatic carbocycles. The Morgan fingerprint density at radius 2 is 1.51 bits per heavy atom. The first-order valence-corrected chi connectivity index (χ1v) is 11.0. The SMILES string of the molecule is CCC(C)C(NC(=O)C(N)Cc1ccc(O)cc1)C(=O)NC(CC(N)=O)C(=O)NC(CO)C(=O)O. The first-order valence-electron chi connectivity index (χ1n) is 11.0. The van der Waals surface area contributed by atoms with Gasteiger partial charge in [0.25, 0.3) is 0 Å². The molecule has 0 bridgehead atoms. The molecule has 4 amide bonds. The zero-order chi connectivity index (χ0) is 26.7. The van der Waals surface area contributed by atoms with Crippen molar-refractivity contribution in [1.29, 1.82) is 0 Å². The second-order valence-electron chi connectivity index (χ2n) is 8.16. The zero-order valence-corrected chi connectivity index (χ0v) is 19.6. The van der Waals surface area contributed by atoms with E-state index in [0.29, 0.717) is 12.0 Å². The van der Waals surface area contributed by atoms with Gasteiger partial charge >= 0.3 is 5.97 Å². The number of phenolic OH excluding ortho intramolecular Hbond substituents is 1. The molecular weight excluding hydrogens is 462 g/mol. The molecule has 0 aliphatic carbocycles. The number of aromatic hydroxyl groups is 1. The van der Waals surface area contributed by atoms with Gasteiger partial charge in [-0.3, -0.25) is 19.2 Å². The van der Waals surface area contributed by atoms with E-state index >= 15 is 0 Å². The molecule has 13 nitrogen and oxygen atoms in total. The summed E-state index contributed by atoms with van der Waals surface area (Å²) in [7, 11) is 0. The van der Waals surface area contributed by atoms with Crippen molar-refractivity contribution >= 4 is 29.6 Å². The van der Waals surface area contributed by atoms with Crippen LogP contribution in [0.2, 0.25) is 0 Å². The number of amides is 4. The standard InChI is InChI=1S/C22H33N5O8/c1-3-11(2)18(27-19(31)14(23)8-12-4-6-13(29)7-5-12)21(33)25-15(9-17(24)30)20(32)26-16(10-28)22(34)35/h4-7,11,14-16,18,28-29H,3,8-10,23H2,1-2H3,(H2,24,30)(H,25,33)(H,26,32)(H,27,31)(H,34,35). The highest BCUT2D eigenvalue weighted by molar-refractivity contribution is 5.96. The van der Waals surface area contributed by atoms with Crippen LogP contribution in [-0.2, 0) is 30.4 Å². The number of rotatable bonds is 14. The lowest BCUT2D eigenvalue weighted by Crippen LogP contribution is -2.59. The molecule has 0 saturated carbocycles. The third kappa shape index (κ3) is 9.59. The molecule has 0 spiro atoms. The quantitative estimate of drug-likeness (QED) is 0.138. The summed E-state index contributed by atoms with van der Waals surface area (Å²) in [5, 5.41) is 34.4. The Balaban J connectivity index is 2.97. The van der Waals surface area contributed by atoms with Crippen LogP contribution >= 0.6 is 0 Å². The third-order valence-electron chi connectivity index (χ3n) is 5.36. The van der Waals surface area contributed by atoms with E-state index < -0.39 is 72.7 Å². The summed E-state index contributed by atoms with van der Waals surface area (Å²) in [5.74, 6) is -5.29. The van der Waals surface area contributed by atoms with Gasteiger partial charge in [-0.25, -0.2) is 4.79 Å². The summed E-state index contributed by atoms with van der Waals surface area (Å²) in [4.78, 5) is 60.7. The van der Waals surface area contributed by atoms with E-state index in [9.17, 15) is 29.1 Å². The van der Waals surface area contributed by atoms with Gasteiger partial charge in [-0.05, 0) is 30.0 Å². The van der Waals surface area contributed by atoms with E-state index in [1.807, 2.05) is 5.32 Å². The predicted octanol–water partition coefficient (Wildman–Crippen LogP) is -2.29. The number of nitrogens with two attached hydrogens (primary N) is 2. The van der Waals surface area contributed by atoms with Gasteiger partial charge < -0.3 is 42.7 Å². The van der Waals surface area contributed by atoms with Crippen LogP contribution in [0.15, 0.2) is 24.3 Å². The van der Waals surface area contributed by atoms with Gasteiger partial charge in [0, 0.05) is 0 Å². The van der Waals surface area contributed by atoms with Crippen LogP contribution in [0.3, 0.4) is 0 Å². The number of aliphatic hydroxyl groups is 1. The minimum absolute atomic E-state index is 0.0588. The molecule has 0 heterocycles. The molecule has 5 atom stereocenters. The first kappa shape index (κ1) is 29.3. The highest BCUT2D eigenvalue weighted by atomic mass is 16.4. The van der Waals surface area contributed by atoms with Gasteiger partial charge in [0.05, 0.1) is 19.1 Å². The lowest BCUT2D eigenvalue weighted by Gasteiger charge is -2.27. The number of carboxylic acids is 1. The van der Waals surface area contributed by atoms with Crippen molar-refractivity contribution < 1.29 is 39.3 Å². The number of carbonyl (C=O) groups is 5. The fourth-order valence-corrected chi connectivity index (χ4v) is 3.07. The Bertz CT molecular complexity index is 908. The van der Waals surface area contributed by atoms with Crippen molar-refractivity contribution in [1.82, 2.24) is 16.0 Å². The normalized spacial score (nSPS) is 15.1. The molecule has 5 unspecified atom stereocenters. The topological polar surface area (TPSA) is 234 Å². The van der Waals surface area contributed by atoms with E-state index in [4.69, 9.17) is 21.7 Å². The maximum atomic E-state index is 13.0. The molecule has 0 fully saturated rings. The Morgan fingerprint density at radius 3 is 2.00 bits per heavy atom. The average molecular weight is 496 g/mol. The highest BCUT2D eigenvalue weighted by Gasteiger charge is 2.33. The number of hydrogen-bond donors (Lipinski definition) is 8. The number of aliphatic hydroxyl groups excluding tert-OH is 1. The monoisotopic (exact) mass is 495 g/mol. The summed E-state index contributed by atoms with van der Waals surface area (Å²) in [6, 6.07) is 0.756. The fourth-order valence-electron chi connectivity index (χ4n) is 3.07. The van der Waals surface area contributed by atoms with Crippen LogP contribution in [0.5, 0.6) is 5.75 Å². The van der Waals surface area contributed by atoms with Gasteiger partial charge in [0.15, 0.2) is 0 Å². The number of primary amides is 1. The number of nitrogens with one attached hydrogen (secondary N) is 3. The number of carboxylic acid groups (broad SMARTS) is 1. The minimum atomic E-state index is -1.65. The first-order chi connectivity index (χ1) is 16.4. The average Bonchev–Trinajstić information content (AvgIpc) is 2.80. The van der Waals surface area contributed by atoms with E-state index in [2.05, 4.69) is 10.6 Å². The van der Waals surface area contributed by atoms with Crippen LogP contribution < -0.4 is 27.4 Å². The van der Waals surface area contributed by atoms with Crippen molar-refractivity contribution in [2.75, 3.05) is 6.61 Å². The van der Waals surface area contributed by atoms with Gasteiger partial charge in [0.1, 0.15) is 23.9 Å². The van der Waals surface area contributed by atoms with Gasteiger partial charge in [0.2, 0.25) is 23.6 Å². The van der Waals surface area contributed by atoms with Crippen molar-refractivity contribution in [2.24, 2.45) is 17.4 Å². The van der Waals surface area contributed by atoms with E-state index in [1.165, 1.54) is 12.1 Å². The molecule has 0 aromatic heterocycles. The summed E-state index contributed by atoms with van der Waals surface area (Å²) in [6.45, 7) is 2.55. The largest absolute Gasteiger partial charge is 0.508 e. The highest BCUT2D eigenvalue weighted by Crippen LogP contribution is 2.12. The number of phenols is 1. The lowest BCUT2D eigenvalue weighted by molar-refractivity contribution is -0.143. The van der Waals surface area contributed by atoms with Crippen molar-refractivity contribution in [2.45, 2.75) is 57.3 Å². The molecule has 0 aliphatic heterocycles. The van der Waals surface area contributed by atoms with Crippen molar-refractivity contribution in [3.8, 4) is 5.75 Å². The fraction of sp³-hybridized carbons (Fsp3) is 0.500. The molecule has 194 valence electrons. The third-order valence-corrected chi connectivity index (χ3v) is 5.36. The zero-order valence-electron chi connectivity index (χ0n) is 19.6. The van der Waals surface area contributed by atoms with Crippen LogP contribution in [0, 0.1) is 5.92 Å². The van der Waals surface area contributed by atoms with Crippen LogP contribution in [-0.4, -0.2) is 75.7 Å². The predicted molar refractivity (Wildman–Crippen MR) is 124 cm³/mol. The van der Waals surface area contributed by atoms with Crippen molar-refractivity contribution in [3.63, 3.8) is 0 Å². The lowest BCUT2D eigenvalue weighted by atomic mass is 9.96. The summed E-state index contributed by atoms with van der Waals surface area (Å²) >= 11 is 0. The second-order valence-corrected chi connectivity index (χ2v) is 8.16. The Morgan fingerprint density at radius 1 is 0.943 bits per heavy atom. The number of benzene rings is 1. The maximum absolute atomic E-state index is 13.0. The summed E-state index contributed by atoms with van der Waals surface area (Å²) < 4.78 is 0. The van der Waals surface area contributed by atoms with Crippen LogP contribution in [0.4, 0.5) is 0 Å². The minimum Gasteiger partial charge on any atom is -0.508 e. The molecule has 0 radical (unpaired) electrons. The summed E-state index contributed by atoms with van der Waals surface area (Å²) in [5.41, 5.74) is 11.8. The Hall–Kier alpha value is -3.71. The van der Waals surface area contributed by atoms with Crippen LogP contribution in [0.1, 0.15) is 32.3 Å². The Kier molecular flexibility index (Phi) is 11.6. The molecule has 13 heteroatoms. The van der Waals surface area contributed by atoms with E-state index in [-0.39, 0.29) is 12.2 Å². The van der Waals surface area contributed by atoms with Gasteiger partial charge in [-0.1, -0.05) is 32.4 Å².